The van der Waals surface area contributed by atoms with Gasteiger partial charge < -0.3 is 4.74 Å². The van der Waals surface area contributed by atoms with Crippen molar-refractivity contribution < 1.29 is 26.3 Å². The van der Waals surface area contributed by atoms with Crippen molar-refractivity contribution in [2.45, 2.75) is 37.4 Å². The highest BCUT2D eigenvalue weighted by Crippen LogP contribution is 2.30. The Labute approximate surface area is 143 Å². The SMILES string of the molecule is CC(C)(C)NS(=O)(=O)c1ccc(Oc2ccc(C(F)(F)F)cn2)cc1. The summed E-state index contributed by atoms with van der Waals surface area (Å²) in [6.45, 7) is 5.16. The van der Waals surface area contributed by atoms with Crippen molar-refractivity contribution in [3.05, 3.63) is 48.2 Å². The Bertz CT molecular complexity index is 825. The van der Waals surface area contributed by atoms with Gasteiger partial charge in [-0.25, -0.2) is 18.1 Å². The fourth-order valence-corrected chi connectivity index (χ4v) is 3.30. The number of pyridine rings is 1. The molecule has 0 saturated carbocycles. The first-order valence-corrected chi connectivity index (χ1v) is 8.70. The van der Waals surface area contributed by atoms with Gasteiger partial charge in [0.2, 0.25) is 15.9 Å². The quantitative estimate of drug-likeness (QED) is 0.879. The molecule has 1 aromatic heterocycles. The average molecular weight is 374 g/mol. The zero-order valence-corrected chi connectivity index (χ0v) is 14.6. The Morgan fingerprint density at radius 1 is 1.00 bits per heavy atom. The van der Waals surface area contributed by atoms with Gasteiger partial charge >= 0.3 is 6.18 Å². The van der Waals surface area contributed by atoms with Crippen molar-refractivity contribution in [3.8, 4) is 11.6 Å². The van der Waals surface area contributed by atoms with Crippen LogP contribution < -0.4 is 9.46 Å². The van der Waals surface area contributed by atoms with Crippen molar-refractivity contribution in [2.24, 2.45) is 0 Å². The number of sulfonamides is 1. The van der Waals surface area contributed by atoms with E-state index in [0.717, 1.165) is 12.1 Å². The van der Waals surface area contributed by atoms with E-state index in [1.54, 1.807) is 20.8 Å². The summed E-state index contributed by atoms with van der Waals surface area (Å²) in [5.41, 5.74) is -1.51. The molecule has 0 radical (unpaired) electrons. The first-order chi connectivity index (χ1) is 11.4. The van der Waals surface area contributed by atoms with E-state index in [2.05, 4.69) is 9.71 Å². The van der Waals surface area contributed by atoms with Crippen LogP contribution in [0, 0.1) is 0 Å². The van der Waals surface area contributed by atoms with Crippen LogP contribution in [-0.4, -0.2) is 18.9 Å². The molecule has 0 aliphatic rings. The van der Waals surface area contributed by atoms with E-state index in [1.807, 2.05) is 0 Å². The number of aromatic nitrogens is 1. The number of halogens is 3. The fourth-order valence-electron chi connectivity index (χ4n) is 1.88. The molecule has 0 bridgehead atoms. The molecule has 0 aliphatic carbocycles. The number of nitrogens with zero attached hydrogens (tertiary/aromatic N) is 1. The summed E-state index contributed by atoms with van der Waals surface area (Å²) in [6.07, 6.45) is -3.80. The van der Waals surface area contributed by atoms with Crippen LogP contribution >= 0.6 is 0 Å². The lowest BCUT2D eigenvalue weighted by Crippen LogP contribution is -2.40. The summed E-state index contributed by atoms with van der Waals surface area (Å²) in [4.78, 5) is 3.64. The van der Waals surface area contributed by atoms with E-state index < -0.39 is 27.3 Å². The minimum Gasteiger partial charge on any atom is -0.439 e. The maximum atomic E-state index is 12.5. The Hall–Kier alpha value is -2.13. The third-order valence-corrected chi connectivity index (χ3v) is 4.63. The second kappa shape index (κ2) is 6.64. The molecule has 0 fully saturated rings. The number of hydrogen-bond acceptors (Lipinski definition) is 4. The van der Waals surface area contributed by atoms with Crippen molar-refractivity contribution in [1.29, 1.82) is 0 Å². The first-order valence-electron chi connectivity index (χ1n) is 7.22. The highest BCUT2D eigenvalue weighted by Gasteiger charge is 2.30. The van der Waals surface area contributed by atoms with Gasteiger partial charge in [-0.1, -0.05) is 0 Å². The van der Waals surface area contributed by atoms with Crippen LogP contribution in [0.1, 0.15) is 26.3 Å². The lowest BCUT2D eigenvalue weighted by atomic mass is 10.1. The molecule has 1 aromatic carbocycles. The molecule has 0 amide bonds. The van der Waals surface area contributed by atoms with Gasteiger partial charge in [-0.05, 0) is 51.1 Å². The van der Waals surface area contributed by atoms with Gasteiger partial charge in [0.05, 0.1) is 10.5 Å². The number of alkyl halides is 3. The van der Waals surface area contributed by atoms with Crippen LogP contribution in [0.15, 0.2) is 47.5 Å². The predicted molar refractivity (Wildman–Crippen MR) is 85.8 cm³/mol. The van der Waals surface area contributed by atoms with E-state index in [1.165, 1.54) is 24.3 Å². The van der Waals surface area contributed by atoms with Crippen molar-refractivity contribution in [2.75, 3.05) is 0 Å². The van der Waals surface area contributed by atoms with E-state index in [4.69, 9.17) is 4.74 Å². The molecule has 0 saturated heterocycles. The van der Waals surface area contributed by atoms with Gasteiger partial charge in [-0.3, -0.25) is 0 Å². The van der Waals surface area contributed by atoms with Crippen LogP contribution in [0.2, 0.25) is 0 Å². The molecule has 0 atom stereocenters. The molecular formula is C16H17F3N2O3S. The molecule has 9 heteroatoms. The summed E-state index contributed by atoms with van der Waals surface area (Å²) in [6, 6.07) is 7.43. The lowest BCUT2D eigenvalue weighted by Gasteiger charge is -2.20. The van der Waals surface area contributed by atoms with Gasteiger partial charge in [0.15, 0.2) is 0 Å². The van der Waals surface area contributed by atoms with Crippen LogP contribution in [0.3, 0.4) is 0 Å². The van der Waals surface area contributed by atoms with Crippen molar-refractivity contribution >= 4 is 10.0 Å². The van der Waals surface area contributed by atoms with Gasteiger partial charge in [-0.2, -0.15) is 13.2 Å². The molecule has 1 N–H and O–H groups in total. The number of hydrogen-bond donors (Lipinski definition) is 1. The molecule has 2 rings (SSSR count). The predicted octanol–water partition coefficient (Wildman–Crippen LogP) is 3.97. The minimum absolute atomic E-state index is 0.0311. The fraction of sp³-hybridized carbons (Fsp3) is 0.312. The maximum Gasteiger partial charge on any atom is 0.417 e. The first kappa shape index (κ1) is 19.2. The number of rotatable bonds is 4. The van der Waals surface area contributed by atoms with Crippen molar-refractivity contribution in [3.63, 3.8) is 0 Å². The standard InChI is InChI=1S/C16H17F3N2O3S/c1-15(2,3)21-25(22,23)13-7-5-12(6-8-13)24-14-9-4-11(10-20-14)16(17,18)19/h4-10,21H,1-3H3. The van der Waals surface area contributed by atoms with E-state index in [0.29, 0.717) is 6.20 Å². The molecular weight excluding hydrogens is 357 g/mol. The number of ether oxygens (including phenoxy) is 1. The molecule has 136 valence electrons. The molecule has 0 unspecified atom stereocenters. The van der Waals surface area contributed by atoms with E-state index in [-0.39, 0.29) is 16.5 Å². The van der Waals surface area contributed by atoms with Gasteiger partial charge in [-0.15, -0.1) is 0 Å². The van der Waals surface area contributed by atoms with Crippen LogP contribution in [0.5, 0.6) is 11.6 Å². The average Bonchev–Trinajstić information content (AvgIpc) is 2.45. The highest BCUT2D eigenvalue weighted by molar-refractivity contribution is 7.89. The molecule has 2 aromatic rings. The Morgan fingerprint density at radius 2 is 1.60 bits per heavy atom. The third kappa shape index (κ3) is 5.43. The van der Waals surface area contributed by atoms with Crippen LogP contribution in [-0.2, 0) is 16.2 Å². The Balaban J connectivity index is 2.13. The smallest absolute Gasteiger partial charge is 0.417 e. The summed E-state index contributed by atoms with van der Waals surface area (Å²) >= 11 is 0. The zero-order valence-electron chi connectivity index (χ0n) is 13.8. The topological polar surface area (TPSA) is 68.3 Å². The van der Waals surface area contributed by atoms with Crippen LogP contribution in [0.4, 0.5) is 13.2 Å². The Kier molecular flexibility index (Phi) is 5.10. The molecule has 5 nitrogen and oxygen atoms in total. The largest absolute Gasteiger partial charge is 0.439 e. The third-order valence-electron chi connectivity index (χ3n) is 2.86. The molecule has 25 heavy (non-hydrogen) atoms. The molecule has 1 heterocycles. The van der Waals surface area contributed by atoms with E-state index >= 15 is 0 Å². The van der Waals surface area contributed by atoms with Gasteiger partial charge in [0, 0.05) is 17.8 Å². The number of benzene rings is 1. The summed E-state index contributed by atoms with van der Waals surface area (Å²) < 4.78 is 69.6. The maximum absolute atomic E-state index is 12.5. The summed E-state index contributed by atoms with van der Waals surface area (Å²) in [5, 5.41) is 0. The second-order valence-corrected chi connectivity index (χ2v) is 7.99. The van der Waals surface area contributed by atoms with Gasteiger partial charge in [0.25, 0.3) is 0 Å². The van der Waals surface area contributed by atoms with Gasteiger partial charge in [0.1, 0.15) is 5.75 Å². The van der Waals surface area contributed by atoms with Crippen molar-refractivity contribution in [1.82, 2.24) is 9.71 Å². The monoisotopic (exact) mass is 374 g/mol. The zero-order chi connectivity index (χ0) is 18.9. The minimum atomic E-state index is -4.47. The lowest BCUT2D eigenvalue weighted by molar-refractivity contribution is -0.137. The Morgan fingerprint density at radius 3 is 2.04 bits per heavy atom. The molecule has 0 spiro atoms. The molecule has 0 aliphatic heterocycles. The van der Waals surface area contributed by atoms with E-state index in [9.17, 15) is 21.6 Å². The summed E-state index contributed by atoms with van der Waals surface area (Å²) in [5.74, 6) is 0.221. The van der Waals surface area contributed by atoms with Crippen LogP contribution in [0.25, 0.3) is 0 Å². The highest BCUT2D eigenvalue weighted by atomic mass is 32.2. The summed E-state index contributed by atoms with van der Waals surface area (Å²) in [7, 11) is -3.68. The number of nitrogens with one attached hydrogen (secondary N) is 1. The normalized spacial score (nSPS) is 12.9. The second-order valence-electron chi connectivity index (χ2n) is 6.31.